The van der Waals surface area contributed by atoms with Crippen molar-refractivity contribution < 1.29 is 14.7 Å². The first kappa shape index (κ1) is 10.7. The van der Waals surface area contributed by atoms with Gasteiger partial charge in [-0.25, -0.2) is 4.79 Å². The van der Waals surface area contributed by atoms with Crippen LogP contribution in [0.1, 0.15) is 20.3 Å². The van der Waals surface area contributed by atoms with Crippen molar-refractivity contribution in [3.05, 3.63) is 0 Å². The van der Waals surface area contributed by atoms with E-state index >= 15 is 0 Å². The molecule has 5 nitrogen and oxygen atoms in total. The second kappa shape index (κ2) is 3.35. The van der Waals surface area contributed by atoms with Gasteiger partial charge < -0.3 is 10.0 Å². The molecule has 3 atom stereocenters. The van der Waals surface area contributed by atoms with Gasteiger partial charge in [-0.15, -0.1) is 0 Å². The van der Waals surface area contributed by atoms with Crippen LogP contribution in [0.15, 0.2) is 0 Å². The smallest absolute Gasteiger partial charge is 0.407 e. The van der Waals surface area contributed by atoms with E-state index in [2.05, 4.69) is 6.92 Å². The summed E-state index contributed by atoms with van der Waals surface area (Å²) >= 11 is 0. The Hall–Kier alpha value is -0.810. The van der Waals surface area contributed by atoms with E-state index in [0.29, 0.717) is 19.0 Å². The normalized spacial score (nSPS) is 40.9. The second-order valence-electron chi connectivity index (χ2n) is 4.53. The molecule has 1 amide bonds. The van der Waals surface area contributed by atoms with Crippen molar-refractivity contribution >= 4 is 6.09 Å². The fourth-order valence-corrected chi connectivity index (χ4v) is 3.01. The number of nitrogens with zero attached hydrogens (tertiary/aromatic N) is 2. The molecule has 1 N–H and O–H groups in total. The molecule has 3 unspecified atom stereocenters. The number of likely N-dealkylation sites (tertiary alicyclic amines) is 1. The van der Waals surface area contributed by atoms with Crippen molar-refractivity contribution in [2.75, 3.05) is 20.1 Å². The summed E-state index contributed by atoms with van der Waals surface area (Å²) in [6, 6.07) is 0. The van der Waals surface area contributed by atoms with Gasteiger partial charge in [0.1, 0.15) is 0 Å². The van der Waals surface area contributed by atoms with Gasteiger partial charge in [0, 0.05) is 26.1 Å². The van der Waals surface area contributed by atoms with Crippen LogP contribution in [0.4, 0.5) is 4.79 Å². The highest BCUT2D eigenvalue weighted by molar-refractivity contribution is 5.65. The first-order valence-corrected chi connectivity index (χ1v) is 5.39. The molecular weight excluding hydrogens is 196 g/mol. The van der Waals surface area contributed by atoms with Crippen LogP contribution in [0.2, 0.25) is 0 Å². The standard InChI is InChI=1S/C10H18N2O3/c1-4-10-6-12(9(13)14)5-8(10)7(2)15-11(10)3/h7-8H,4-6H2,1-3H3,(H,13,14). The Morgan fingerprint density at radius 1 is 1.67 bits per heavy atom. The van der Waals surface area contributed by atoms with Crippen LogP contribution in [0.25, 0.3) is 0 Å². The monoisotopic (exact) mass is 214 g/mol. The number of carbonyl (C=O) groups is 1. The highest BCUT2D eigenvalue weighted by atomic mass is 16.7. The number of hydrogen-bond acceptors (Lipinski definition) is 3. The highest BCUT2D eigenvalue weighted by Crippen LogP contribution is 2.43. The third-order valence-corrected chi connectivity index (χ3v) is 3.97. The fraction of sp³-hybridized carbons (Fsp3) is 0.900. The minimum atomic E-state index is -0.821. The average molecular weight is 214 g/mol. The summed E-state index contributed by atoms with van der Waals surface area (Å²) in [5.41, 5.74) is -0.113. The Morgan fingerprint density at radius 2 is 2.33 bits per heavy atom. The lowest BCUT2D eigenvalue weighted by atomic mass is 9.83. The molecule has 2 heterocycles. The zero-order chi connectivity index (χ0) is 11.2. The van der Waals surface area contributed by atoms with E-state index in [-0.39, 0.29) is 11.6 Å². The van der Waals surface area contributed by atoms with Gasteiger partial charge in [0.15, 0.2) is 0 Å². The van der Waals surface area contributed by atoms with Crippen LogP contribution in [-0.4, -0.2) is 52.9 Å². The molecule has 0 saturated carbocycles. The number of carboxylic acid groups (broad SMARTS) is 1. The topological polar surface area (TPSA) is 53.0 Å². The average Bonchev–Trinajstić information content (AvgIpc) is 2.66. The number of rotatable bonds is 1. The number of hydrogen-bond donors (Lipinski definition) is 1. The Bertz CT molecular complexity index is 284. The molecule has 2 aliphatic rings. The molecule has 5 heteroatoms. The van der Waals surface area contributed by atoms with E-state index in [1.165, 1.54) is 4.90 Å². The SMILES string of the molecule is CCC12CN(C(=O)O)CC1C(C)ON2C. The first-order valence-electron chi connectivity index (χ1n) is 5.39. The zero-order valence-corrected chi connectivity index (χ0v) is 9.43. The van der Waals surface area contributed by atoms with E-state index < -0.39 is 6.09 Å². The first-order chi connectivity index (χ1) is 7.01. The third-order valence-electron chi connectivity index (χ3n) is 3.97. The number of likely N-dealkylation sites (N-methyl/N-ethyl adjacent to an activating group) is 1. The molecule has 0 radical (unpaired) electrons. The fourth-order valence-electron chi connectivity index (χ4n) is 3.01. The van der Waals surface area contributed by atoms with Crippen LogP contribution in [-0.2, 0) is 4.84 Å². The summed E-state index contributed by atoms with van der Waals surface area (Å²) in [5.74, 6) is 0.295. The number of fused-ring (bicyclic) bond motifs is 1. The van der Waals surface area contributed by atoms with Gasteiger partial charge in [-0.2, -0.15) is 5.06 Å². The molecule has 0 aromatic carbocycles. The maximum absolute atomic E-state index is 11.0. The molecule has 2 rings (SSSR count). The predicted molar refractivity (Wildman–Crippen MR) is 54.4 cm³/mol. The second-order valence-corrected chi connectivity index (χ2v) is 4.53. The van der Waals surface area contributed by atoms with Crippen LogP contribution in [0.3, 0.4) is 0 Å². The van der Waals surface area contributed by atoms with Crippen molar-refractivity contribution in [1.29, 1.82) is 0 Å². The molecule has 15 heavy (non-hydrogen) atoms. The maximum atomic E-state index is 11.0. The molecule has 2 fully saturated rings. The lowest BCUT2D eigenvalue weighted by Crippen LogP contribution is -2.47. The van der Waals surface area contributed by atoms with E-state index in [1.807, 2.05) is 19.0 Å². The van der Waals surface area contributed by atoms with Crippen LogP contribution >= 0.6 is 0 Å². The van der Waals surface area contributed by atoms with Crippen molar-refractivity contribution in [3.63, 3.8) is 0 Å². The zero-order valence-electron chi connectivity index (χ0n) is 9.43. The summed E-state index contributed by atoms with van der Waals surface area (Å²) in [6.07, 6.45) is 0.208. The molecule has 0 aliphatic carbocycles. The molecule has 0 spiro atoms. The summed E-state index contributed by atoms with van der Waals surface area (Å²) < 4.78 is 0. The van der Waals surface area contributed by atoms with Crippen LogP contribution in [0.5, 0.6) is 0 Å². The van der Waals surface area contributed by atoms with Gasteiger partial charge in [0.25, 0.3) is 0 Å². The van der Waals surface area contributed by atoms with Gasteiger partial charge in [-0.05, 0) is 13.3 Å². The van der Waals surface area contributed by atoms with Gasteiger partial charge in [0.2, 0.25) is 0 Å². The lowest BCUT2D eigenvalue weighted by Gasteiger charge is -2.32. The molecule has 0 bridgehead atoms. The molecule has 86 valence electrons. The lowest BCUT2D eigenvalue weighted by molar-refractivity contribution is -0.167. The summed E-state index contributed by atoms with van der Waals surface area (Å²) in [4.78, 5) is 18.1. The van der Waals surface area contributed by atoms with Gasteiger partial charge in [-0.3, -0.25) is 4.84 Å². The largest absolute Gasteiger partial charge is 0.465 e. The molecule has 0 aromatic heterocycles. The molecule has 0 aromatic rings. The minimum absolute atomic E-state index is 0.110. The maximum Gasteiger partial charge on any atom is 0.407 e. The predicted octanol–water partition coefficient (Wildman–Crippen LogP) is 1.01. The van der Waals surface area contributed by atoms with E-state index in [4.69, 9.17) is 9.94 Å². The van der Waals surface area contributed by atoms with E-state index in [1.54, 1.807) is 0 Å². The Kier molecular flexibility index (Phi) is 2.39. The van der Waals surface area contributed by atoms with Crippen LogP contribution in [0, 0.1) is 5.92 Å². The van der Waals surface area contributed by atoms with Gasteiger partial charge in [0.05, 0.1) is 11.6 Å². The summed E-state index contributed by atoms with van der Waals surface area (Å²) in [5, 5.41) is 10.9. The van der Waals surface area contributed by atoms with Gasteiger partial charge >= 0.3 is 6.09 Å². The number of amides is 1. The summed E-state index contributed by atoms with van der Waals surface area (Å²) in [7, 11) is 1.91. The van der Waals surface area contributed by atoms with Gasteiger partial charge in [-0.1, -0.05) is 6.92 Å². The van der Waals surface area contributed by atoms with E-state index in [0.717, 1.165) is 6.42 Å². The molecule has 2 aliphatic heterocycles. The van der Waals surface area contributed by atoms with Crippen molar-refractivity contribution in [1.82, 2.24) is 9.96 Å². The quantitative estimate of drug-likeness (QED) is 0.707. The minimum Gasteiger partial charge on any atom is -0.465 e. The summed E-state index contributed by atoms with van der Waals surface area (Å²) in [6.45, 7) is 5.26. The van der Waals surface area contributed by atoms with E-state index in [9.17, 15) is 4.79 Å². The van der Waals surface area contributed by atoms with Crippen molar-refractivity contribution in [2.45, 2.75) is 31.9 Å². The Labute approximate surface area is 89.6 Å². The Balaban J connectivity index is 2.25. The van der Waals surface area contributed by atoms with Crippen LogP contribution < -0.4 is 0 Å². The molecular formula is C10H18N2O3. The molecule has 2 saturated heterocycles. The van der Waals surface area contributed by atoms with Crippen molar-refractivity contribution in [2.24, 2.45) is 5.92 Å². The highest BCUT2D eigenvalue weighted by Gasteiger charge is 2.57. The van der Waals surface area contributed by atoms with Crippen molar-refractivity contribution in [3.8, 4) is 0 Å². The Morgan fingerprint density at radius 3 is 2.80 bits per heavy atom. The third kappa shape index (κ3) is 1.33. The number of hydroxylamine groups is 2.